The van der Waals surface area contributed by atoms with Crippen LogP contribution in [-0.2, 0) is 0 Å². The topological polar surface area (TPSA) is 35.2 Å². The van der Waals surface area contributed by atoms with Crippen LogP contribution in [0.2, 0.25) is 5.04 Å². The van der Waals surface area contributed by atoms with Crippen molar-refractivity contribution in [2.75, 3.05) is 5.73 Å². The minimum absolute atomic E-state index is 0.0986. The molecule has 76 valence electrons. The van der Waals surface area contributed by atoms with Gasteiger partial charge in [-0.05, 0) is 24.3 Å². The fourth-order valence-corrected chi connectivity index (χ4v) is 0.933. The van der Waals surface area contributed by atoms with Crippen molar-refractivity contribution in [3.63, 3.8) is 0 Å². The number of hydrogen-bond acceptors (Lipinski definition) is 2. The summed E-state index contributed by atoms with van der Waals surface area (Å²) in [6, 6.07) is 7.35. The van der Waals surface area contributed by atoms with Gasteiger partial charge in [-0.3, -0.25) is 0 Å². The molecule has 0 heterocycles. The number of nitrogens with two attached hydrogens (primary N) is 1. The quantitative estimate of drug-likeness (QED) is 0.465. The normalized spacial score (nSPS) is 11.3. The van der Waals surface area contributed by atoms with E-state index >= 15 is 0 Å². The molecule has 0 saturated carbocycles. The highest BCUT2D eigenvalue weighted by molar-refractivity contribution is 6.16. The van der Waals surface area contributed by atoms with Crippen LogP contribution in [-0.4, -0.2) is 10.2 Å². The van der Waals surface area contributed by atoms with Crippen LogP contribution in [0.5, 0.6) is 5.75 Å². The highest BCUT2D eigenvalue weighted by atomic mass is 28.1. The third-order valence-electron chi connectivity index (χ3n) is 1.96. The molecule has 1 aromatic rings. The molecule has 0 aromatic heterocycles. The molecule has 0 saturated heterocycles. The molecule has 0 atom stereocenters. The lowest BCUT2D eigenvalue weighted by Crippen LogP contribution is -2.10. The van der Waals surface area contributed by atoms with E-state index in [2.05, 4.69) is 20.4 Å². The minimum atomic E-state index is 0.0986. The zero-order valence-electron chi connectivity index (χ0n) is 9.00. The Bertz CT molecular complexity index is 324. The van der Waals surface area contributed by atoms with E-state index in [4.69, 9.17) is 10.5 Å². The van der Waals surface area contributed by atoms with Gasteiger partial charge in [0.25, 0.3) is 0 Å². The predicted octanol–water partition coefficient (Wildman–Crippen LogP) is 1.73. The molecule has 0 bridgehead atoms. The smallest absolute Gasteiger partial charge is 0.127 e. The van der Waals surface area contributed by atoms with Crippen molar-refractivity contribution in [1.82, 2.24) is 0 Å². The van der Waals surface area contributed by atoms with Gasteiger partial charge in [0.05, 0.1) is 5.76 Å². The molecule has 3 heteroatoms. The maximum Gasteiger partial charge on any atom is 0.127 e. The monoisotopic (exact) mass is 207 g/mol. The molecule has 0 aliphatic heterocycles. The lowest BCUT2D eigenvalue weighted by molar-refractivity contribution is 0.379. The fourth-order valence-electron chi connectivity index (χ4n) is 0.831. The summed E-state index contributed by atoms with van der Waals surface area (Å²) in [5, 5.41) is 0.0986. The van der Waals surface area contributed by atoms with Gasteiger partial charge in [-0.2, -0.15) is 0 Å². The van der Waals surface area contributed by atoms with Gasteiger partial charge in [0.15, 0.2) is 0 Å². The summed E-state index contributed by atoms with van der Waals surface area (Å²) in [7, 11) is 1.02. The van der Waals surface area contributed by atoms with Crippen molar-refractivity contribution in [2.24, 2.45) is 0 Å². The van der Waals surface area contributed by atoms with Crippen LogP contribution in [0.1, 0.15) is 13.8 Å². The highest BCUT2D eigenvalue weighted by Crippen LogP contribution is 2.30. The van der Waals surface area contributed by atoms with Gasteiger partial charge in [0.2, 0.25) is 0 Å². The highest BCUT2D eigenvalue weighted by Gasteiger charge is 2.16. The molecular weight excluding hydrogens is 190 g/mol. The number of ether oxygens (including phenoxy) is 1. The van der Waals surface area contributed by atoms with Gasteiger partial charge < -0.3 is 10.5 Å². The molecule has 0 aliphatic carbocycles. The molecule has 0 radical (unpaired) electrons. The summed E-state index contributed by atoms with van der Waals surface area (Å²) in [5.41, 5.74) is 6.32. The van der Waals surface area contributed by atoms with Crippen molar-refractivity contribution >= 4 is 15.9 Å². The third kappa shape index (κ3) is 2.92. The Balaban J connectivity index is 2.71. The minimum Gasteiger partial charge on any atom is -0.462 e. The van der Waals surface area contributed by atoms with Crippen LogP contribution in [0.3, 0.4) is 0 Å². The molecule has 0 spiro atoms. The zero-order chi connectivity index (χ0) is 10.8. The third-order valence-corrected chi connectivity index (χ3v) is 2.52. The molecule has 14 heavy (non-hydrogen) atoms. The second kappa shape index (κ2) is 3.88. The lowest BCUT2D eigenvalue weighted by atomic mass is 10.2. The van der Waals surface area contributed by atoms with Crippen molar-refractivity contribution in [1.29, 1.82) is 0 Å². The van der Waals surface area contributed by atoms with E-state index < -0.39 is 0 Å². The van der Waals surface area contributed by atoms with E-state index in [1.165, 1.54) is 0 Å². The summed E-state index contributed by atoms with van der Waals surface area (Å²) in [4.78, 5) is 0. The number of hydrogen-bond donors (Lipinski definition) is 1. The Morgan fingerprint density at radius 2 is 1.86 bits per heavy atom. The molecule has 1 aromatic carbocycles. The van der Waals surface area contributed by atoms with Gasteiger partial charge in [-0.25, -0.2) is 0 Å². The molecule has 0 fully saturated rings. The molecule has 2 nitrogen and oxygen atoms in total. The Hall–Kier alpha value is -1.22. The largest absolute Gasteiger partial charge is 0.462 e. The van der Waals surface area contributed by atoms with Crippen LogP contribution in [0.4, 0.5) is 5.69 Å². The maximum atomic E-state index is 5.62. The van der Waals surface area contributed by atoms with Gasteiger partial charge in [0, 0.05) is 21.0 Å². The maximum absolute atomic E-state index is 5.62. The van der Waals surface area contributed by atoms with Crippen LogP contribution in [0.15, 0.2) is 36.6 Å². The molecule has 1 rings (SSSR count). The second-order valence-corrected chi connectivity index (χ2v) is 6.84. The average molecular weight is 207 g/mol. The van der Waals surface area contributed by atoms with Crippen molar-refractivity contribution in [3.05, 3.63) is 36.6 Å². The summed E-state index contributed by atoms with van der Waals surface area (Å²) < 4.78 is 5.62. The van der Waals surface area contributed by atoms with Gasteiger partial charge >= 0.3 is 0 Å². The number of allylic oxidation sites excluding steroid dienone is 1. The van der Waals surface area contributed by atoms with E-state index in [-0.39, 0.29) is 5.04 Å². The standard InChI is InChI=1S/C11H17NOSi/c1-8(11(2,3)14)13-10-6-4-9(12)5-7-10/h4-7H,1,12H2,2-3,14H3. The number of rotatable bonds is 3. The van der Waals surface area contributed by atoms with E-state index in [1.54, 1.807) is 0 Å². The summed E-state index contributed by atoms with van der Waals surface area (Å²) in [6.45, 7) is 8.17. The summed E-state index contributed by atoms with van der Waals surface area (Å²) >= 11 is 0. The Morgan fingerprint density at radius 3 is 2.29 bits per heavy atom. The SMILES string of the molecule is C=C(Oc1ccc(N)cc1)C(C)(C)[SiH3]. The van der Waals surface area contributed by atoms with E-state index in [0.717, 1.165) is 27.4 Å². The zero-order valence-corrected chi connectivity index (χ0v) is 11.0. The van der Waals surface area contributed by atoms with E-state index in [9.17, 15) is 0 Å². The predicted molar refractivity (Wildman–Crippen MR) is 64.6 cm³/mol. The molecule has 0 amide bonds. The fraction of sp³-hybridized carbons (Fsp3) is 0.273. The number of anilines is 1. The Kier molecular flexibility index (Phi) is 3.01. The van der Waals surface area contributed by atoms with E-state index in [1.807, 2.05) is 24.3 Å². The van der Waals surface area contributed by atoms with Crippen LogP contribution in [0.25, 0.3) is 0 Å². The first kappa shape index (κ1) is 10.9. The Labute approximate surface area is 88.2 Å². The van der Waals surface area contributed by atoms with Gasteiger partial charge in [-0.15, -0.1) is 0 Å². The lowest BCUT2D eigenvalue weighted by Gasteiger charge is -2.21. The van der Waals surface area contributed by atoms with Crippen LogP contribution in [0, 0.1) is 0 Å². The van der Waals surface area contributed by atoms with E-state index in [0.29, 0.717) is 0 Å². The summed E-state index contributed by atoms with van der Waals surface area (Å²) in [5.74, 6) is 1.61. The molecule has 2 N–H and O–H groups in total. The average Bonchev–Trinajstić information content (AvgIpc) is 2.07. The van der Waals surface area contributed by atoms with Gasteiger partial charge in [-0.1, -0.05) is 20.4 Å². The first-order valence-corrected chi connectivity index (χ1v) is 5.62. The van der Waals surface area contributed by atoms with Crippen molar-refractivity contribution < 1.29 is 4.74 Å². The van der Waals surface area contributed by atoms with Crippen molar-refractivity contribution in [3.8, 4) is 5.75 Å². The number of nitrogen functional groups attached to an aromatic ring is 1. The van der Waals surface area contributed by atoms with Crippen LogP contribution < -0.4 is 10.5 Å². The summed E-state index contributed by atoms with van der Waals surface area (Å²) in [6.07, 6.45) is 0. The van der Waals surface area contributed by atoms with Gasteiger partial charge in [0.1, 0.15) is 5.75 Å². The second-order valence-electron chi connectivity index (χ2n) is 4.34. The van der Waals surface area contributed by atoms with Crippen LogP contribution >= 0.6 is 0 Å². The Morgan fingerprint density at radius 1 is 1.36 bits per heavy atom. The number of benzene rings is 1. The molecular formula is C11H17NOSi. The molecule has 0 unspecified atom stereocenters. The van der Waals surface area contributed by atoms with Crippen molar-refractivity contribution in [2.45, 2.75) is 18.9 Å². The first-order valence-electron chi connectivity index (χ1n) is 4.62. The molecule has 0 aliphatic rings. The first-order chi connectivity index (χ1) is 6.39.